The minimum Gasteiger partial charge on any atom is -0.465 e. The van der Waals surface area contributed by atoms with Crippen LogP contribution in [0.4, 0.5) is 5.69 Å². The number of anilines is 1. The van der Waals surface area contributed by atoms with Crippen molar-refractivity contribution in [2.45, 2.75) is 39.5 Å². The van der Waals surface area contributed by atoms with Gasteiger partial charge in [0.25, 0.3) is 0 Å². The van der Waals surface area contributed by atoms with Crippen molar-refractivity contribution in [2.24, 2.45) is 5.41 Å². The lowest BCUT2D eigenvalue weighted by molar-refractivity contribution is -0.122. The lowest BCUT2D eigenvalue weighted by Crippen LogP contribution is -2.60. The molecule has 1 aromatic rings. The zero-order valence-electron chi connectivity index (χ0n) is 16.7. The number of nitrogens with zero attached hydrogens (tertiary/aromatic N) is 1. The molecular formula is C19H28N2O4S. The summed E-state index contributed by atoms with van der Waals surface area (Å²) in [5, 5.41) is 3.17. The average Bonchev–Trinajstić information content (AvgIpc) is 2.98. The first-order chi connectivity index (χ1) is 12.0. The van der Waals surface area contributed by atoms with Crippen molar-refractivity contribution in [3.8, 4) is 11.8 Å². The first-order valence-electron chi connectivity index (χ1n) is 8.20. The zero-order valence-corrected chi connectivity index (χ0v) is 17.5. The number of thiophene rings is 1. The van der Waals surface area contributed by atoms with Crippen LogP contribution in [0.2, 0.25) is 0 Å². The van der Waals surface area contributed by atoms with E-state index in [-0.39, 0.29) is 5.41 Å². The number of hydrogen-bond donors (Lipinski definition) is 1. The predicted octanol–water partition coefficient (Wildman–Crippen LogP) is 2.84. The summed E-state index contributed by atoms with van der Waals surface area (Å²) in [6, 6.07) is 1.76. The number of carbonyl (C=O) groups excluding carboxylic acids is 2. The number of nitrogens with one attached hydrogen (secondary N) is 1. The normalized spacial score (nSPS) is 14.8. The molecule has 0 fully saturated rings. The fraction of sp³-hybridized carbons (Fsp3) is 0.579. The van der Waals surface area contributed by atoms with Crippen LogP contribution >= 0.6 is 11.3 Å². The number of hydrogen-bond acceptors (Lipinski definition) is 7. The van der Waals surface area contributed by atoms with E-state index in [4.69, 9.17) is 9.47 Å². The average molecular weight is 381 g/mol. The molecule has 0 saturated carbocycles. The molecule has 6 nitrogen and oxygen atoms in total. The van der Waals surface area contributed by atoms with Crippen molar-refractivity contribution in [1.29, 1.82) is 0 Å². The van der Waals surface area contributed by atoms with Gasteiger partial charge < -0.3 is 14.8 Å². The third kappa shape index (κ3) is 5.07. The molecular weight excluding hydrogens is 352 g/mol. The molecule has 0 amide bonds. The van der Waals surface area contributed by atoms with Crippen LogP contribution in [-0.4, -0.2) is 57.2 Å². The van der Waals surface area contributed by atoms with Crippen molar-refractivity contribution in [1.82, 2.24) is 4.90 Å². The highest BCUT2D eigenvalue weighted by atomic mass is 32.1. The van der Waals surface area contributed by atoms with Gasteiger partial charge >= 0.3 is 5.97 Å². The van der Waals surface area contributed by atoms with Gasteiger partial charge in [0.05, 0.1) is 23.8 Å². The van der Waals surface area contributed by atoms with Gasteiger partial charge in [0.1, 0.15) is 4.88 Å². The lowest BCUT2D eigenvalue weighted by atomic mass is 9.98. The van der Waals surface area contributed by atoms with Gasteiger partial charge in [-0.15, -0.1) is 11.3 Å². The van der Waals surface area contributed by atoms with E-state index in [0.717, 1.165) is 6.29 Å². The molecule has 0 aliphatic heterocycles. The summed E-state index contributed by atoms with van der Waals surface area (Å²) < 4.78 is 10.3. The fourth-order valence-corrected chi connectivity index (χ4v) is 3.13. The third-order valence-electron chi connectivity index (χ3n) is 3.89. The standard InChI is InChI=1S/C19H28N2O4S/c1-13(24-7)19(12-22,21(5)6)20-15-11-14(9-10-18(2,3)4)26-16(15)17(23)25-8/h11-13,20H,1-8H3/t13-,19-/m1/s1. The number of methoxy groups -OCH3 is 2. The van der Waals surface area contributed by atoms with Gasteiger partial charge in [-0.1, -0.05) is 11.8 Å². The van der Waals surface area contributed by atoms with Crippen LogP contribution in [0.5, 0.6) is 0 Å². The van der Waals surface area contributed by atoms with Crippen LogP contribution < -0.4 is 5.32 Å². The molecule has 0 spiro atoms. The van der Waals surface area contributed by atoms with E-state index < -0.39 is 17.7 Å². The first kappa shape index (κ1) is 22.2. The van der Waals surface area contributed by atoms with Gasteiger partial charge in [-0.3, -0.25) is 9.69 Å². The molecule has 0 bridgehead atoms. The molecule has 1 N–H and O–H groups in total. The number of likely N-dealkylation sites (N-methyl/N-ethyl adjacent to an activating group) is 1. The van der Waals surface area contributed by atoms with Crippen LogP contribution in [0.1, 0.15) is 42.2 Å². The minimum atomic E-state index is -1.15. The highest BCUT2D eigenvalue weighted by Gasteiger charge is 2.40. The molecule has 144 valence electrons. The minimum absolute atomic E-state index is 0.163. The smallest absolute Gasteiger partial charge is 0.350 e. The van der Waals surface area contributed by atoms with Crippen LogP contribution in [0, 0.1) is 17.3 Å². The second-order valence-electron chi connectivity index (χ2n) is 7.19. The Morgan fingerprint density at radius 2 is 1.96 bits per heavy atom. The van der Waals surface area contributed by atoms with Gasteiger partial charge in [0.15, 0.2) is 11.9 Å². The van der Waals surface area contributed by atoms with E-state index >= 15 is 0 Å². The molecule has 26 heavy (non-hydrogen) atoms. The fourth-order valence-electron chi connectivity index (χ4n) is 2.24. The Labute approximate surface area is 159 Å². The van der Waals surface area contributed by atoms with Crippen molar-refractivity contribution >= 4 is 29.3 Å². The van der Waals surface area contributed by atoms with Gasteiger partial charge in [-0.25, -0.2) is 4.79 Å². The van der Waals surface area contributed by atoms with E-state index in [1.54, 1.807) is 32.0 Å². The van der Waals surface area contributed by atoms with Crippen molar-refractivity contribution < 1.29 is 19.1 Å². The third-order valence-corrected chi connectivity index (χ3v) is 4.92. The van der Waals surface area contributed by atoms with E-state index in [9.17, 15) is 9.59 Å². The Bertz CT molecular complexity index is 709. The maximum absolute atomic E-state index is 12.2. The molecule has 0 radical (unpaired) electrons. The topological polar surface area (TPSA) is 67.9 Å². The summed E-state index contributed by atoms with van der Waals surface area (Å²) in [7, 11) is 6.38. The second kappa shape index (κ2) is 8.67. The molecule has 1 heterocycles. The highest BCUT2D eigenvalue weighted by molar-refractivity contribution is 7.15. The lowest BCUT2D eigenvalue weighted by Gasteiger charge is -2.40. The summed E-state index contributed by atoms with van der Waals surface area (Å²) in [6.45, 7) is 7.82. The quantitative estimate of drug-likeness (QED) is 0.340. The maximum Gasteiger partial charge on any atom is 0.350 e. The van der Waals surface area contributed by atoms with Crippen molar-refractivity contribution in [2.75, 3.05) is 33.6 Å². The molecule has 7 heteroatoms. The van der Waals surface area contributed by atoms with E-state index in [1.165, 1.54) is 25.6 Å². The van der Waals surface area contributed by atoms with Crippen LogP contribution in [0.15, 0.2) is 6.07 Å². The highest BCUT2D eigenvalue weighted by Crippen LogP contribution is 2.32. The van der Waals surface area contributed by atoms with E-state index in [2.05, 4.69) is 17.2 Å². The van der Waals surface area contributed by atoms with Gasteiger partial charge in [-0.05, 0) is 47.9 Å². The number of aldehydes is 1. The number of esters is 1. The van der Waals surface area contributed by atoms with Crippen molar-refractivity contribution in [3.05, 3.63) is 15.8 Å². The molecule has 0 unspecified atom stereocenters. The Hall–Kier alpha value is -1.88. The summed E-state index contributed by atoms with van der Waals surface area (Å²) in [5.74, 6) is 5.75. The summed E-state index contributed by atoms with van der Waals surface area (Å²) in [5.41, 5.74) is -0.818. The molecule has 2 atom stereocenters. The van der Waals surface area contributed by atoms with Crippen LogP contribution in [-0.2, 0) is 14.3 Å². The first-order valence-corrected chi connectivity index (χ1v) is 9.02. The molecule has 0 aromatic carbocycles. The summed E-state index contributed by atoms with van der Waals surface area (Å²) in [4.78, 5) is 27.0. The Morgan fingerprint density at radius 1 is 1.35 bits per heavy atom. The maximum atomic E-state index is 12.2. The van der Waals surface area contributed by atoms with Gasteiger partial charge in [0.2, 0.25) is 0 Å². The summed E-state index contributed by atoms with van der Waals surface area (Å²) >= 11 is 1.23. The number of carbonyl (C=O) groups is 2. The van der Waals surface area contributed by atoms with Gasteiger partial charge in [0, 0.05) is 12.5 Å². The van der Waals surface area contributed by atoms with E-state index in [0.29, 0.717) is 15.4 Å². The largest absolute Gasteiger partial charge is 0.465 e. The Kier molecular flexibility index (Phi) is 7.39. The van der Waals surface area contributed by atoms with Crippen LogP contribution in [0.25, 0.3) is 0 Å². The van der Waals surface area contributed by atoms with E-state index in [1.807, 2.05) is 20.8 Å². The molecule has 1 rings (SSSR count). The molecule has 0 aliphatic carbocycles. The number of rotatable bonds is 7. The predicted molar refractivity (Wildman–Crippen MR) is 105 cm³/mol. The van der Waals surface area contributed by atoms with Gasteiger partial charge in [-0.2, -0.15) is 0 Å². The molecule has 1 aromatic heterocycles. The zero-order chi connectivity index (χ0) is 20.1. The molecule has 0 saturated heterocycles. The van der Waals surface area contributed by atoms with Crippen LogP contribution in [0.3, 0.4) is 0 Å². The van der Waals surface area contributed by atoms with Crippen molar-refractivity contribution in [3.63, 3.8) is 0 Å². The Balaban J connectivity index is 3.44. The Morgan fingerprint density at radius 3 is 2.38 bits per heavy atom. The second-order valence-corrected chi connectivity index (χ2v) is 8.24. The molecule has 0 aliphatic rings. The summed E-state index contributed by atoms with van der Waals surface area (Å²) in [6.07, 6.45) is 0.310. The number of ether oxygens (including phenoxy) is 2. The SMILES string of the molecule is COC(=O)c1sc(C#CC(C)(C)C)cc1N[C@@](C=O)([C@@H](C)OC)N(C)C. The monoisotopic (exact) mass is 380 g/mol.